The summed E-state index contributed by atoms with van der Waals surface area (Å²) in [6.45, 7) is -0.128. The summed E-state index contributed by atoms with van der Waals surface area (Å²) in [4.78, 5) is 7.79. The first-order chi connectivity index (χ1) is 7.79. The summed E-state index contributed by atoms with van der Waals surface area (Å²) in [6, 6.07) is 3.32. The van der Waals surface area contributed by atoms with Crippen LogP contribution in [0.2, 0.25) is 5.02 Å². The summed E-state index contributed by atoms with van der Waals surface area (Å²) in [5, 5.41) is 9.59. The van der Waals surface area contributed by atoms with Crippen molar-refractivity contribution in [1.82, 2.24) is 9.97 Å². The van der Waals surface area contributed by atoms with Crippen LogP contribution >= 0.6 is 11.6 Å². The fraction of sp³-hybridized carbons (Fsp3) is 0.0909. The van der Waals surface area contributed by atoms with Crippen LogP contribution in [0.4, 0.5) is 0 Å². The number of hydrogen-bond donors (Lipinski definition) is 1. The van der Waals surface area contributed by atoms with E-state index in [1.54, 1.807) is 30.7 Å². The highest BCUT2D eigenvalue weighted by Crippen LogP contribution is 2.25. The highest BCUT2D eigenvalue weighted by atomic mass is 35.5. The number of nitrogens with zero attached hydrogens (tertiary/aromatic N) is 2. The van der Waals surface area contributed by atoms with Crippen LogP contribution in [0.5, 0.6) is 11.5 Å². The molecule has 4 nitrogen and oxygen atoms in total. The summed E-state index contributed by atoms with van der Waals surface area (Å²) in [5.74, 6) is 1.06. The third-order valence-electron chi connectivity index (χ3n) is 1.94. The Balaban J connectivity index is 2.26. The summed E-state index contributed by atoms with van der Waals surface area (Å²) in [6.07, 6.45) is 6.21. The van der Waals surface area contributed by atoms with Gasteiger partial charge in [0.15, 0.2) is 0 Å². The van der Waals surface area contributed by atoms with Crippen LogP contribution in [0, 0.1) is 0 Å². The van der Waals surface area contributed by atoms with E-state index in [0.29, 0.717) is 22.1 Å². The van der Waals surface area contributed by atoms with Gasteiger partial charge in [-0.15, -0.1) is 0 Å². The van der Waals surface area contributed by atoms with Gasteiger partial charge in [-0.25, -0.2) is 0 Å². The summed E-state index contributed by atoms with van der Waals surface area (Å²) in [7, 11) is 0. The lowest BCUT2D eigenvalue weighted by atomic mass is 10.3. The molecule has 2 heterocycles. The molecule has 0 radical (unpaired) electrons. The second-order valence-electron chi connectivity index (χ2n) is 3.08. The Morgan fingerprint density at radius 3 is 2.88 bits per heavy atom. The average molecular weight is 237 g/mol. The second-order valence-corrected chi connectivity index (χ2v) is 3.52. The largest absolute Gasteiger partial charge is 0.455 e. The zero-order valence-corrected chi connectivity index (χ0v) is 9.05. The van der Waals surface area contributed by atoms with Crippen molar-refractivity contribution < 1.29 is 9.84 Å². The molecule has 0 aromatic carbocycles. The van der Waals surface area contributed by atoms with Gasteiger partial charge < -0.3 is 9.84 Å². The minimum absolute atomic E-state index is 0.128. The highest BCUT2D eigenvalue weighted by molar-refractivity contribution is 6.30. The van der Waals surface area contributed by atoms with E-state index in [9.17, 15) is 0 Å². The Kier molecular flexibility index (Phi) is 3.34. The van der Waals surface area contributed by atoms with E-state index in [-0.39, 0.29) is 6.61 Å². The molecular formula is C11H9ClN2O2. The molecule has 0 unspecified atom stereocenters. The summed E-state index contributed by atoms with van der Waals surface area (Å²) < 4.78 is 5.53. The molecule has 16 heavy (non-hydrogen) atoms. The van der Waals surface area contributed by atoms with Crippen LogP contribution in [0.25, 0.3) is 0 Å². The lowest BCUT2D eigenvalue weighted by molar-refractivity contribution is 0.276. The van der Waals surface area contributed by atoms with E-state index in [4.69, 9.17) is 21.4 Å². The number of aliphatic hydroxyl groups excluding tert-OH is 1. The van der Waals surface area contributed by atoms with Crippen molar-refractivity contribution >= 4 is 11.6 Å². The van der Waals surface area contributed by atoms with Crippen molar-refractivity contribution in [3.05, 3.63) is 47.5 Å². The molecule has 0 aliphatic heterocycles. The van der Waals surface area contributed by atoms with Crippen molar-refractivity contribution in [2.45, 2.75) is 6.61 Å². The van der Waals surface area contributed by atoms with E-state index in [1.165, 1.54) is 6.20 Å². The predicted molar refractivity (Wildman–Crippen MR) is 59.5 cm³/mol. The third-order valence-corrected chi connectivity index (χ3v) is 2.14. The fourth-order valence-electron chi connectivity index (χ4n) is 1.21. The number of halogens is 1. The predicted octanol–water partition coefficient (Wildman–Crippen LogP) is 2.41. The molecule has 0 bridgehead atoms. The van der Waals surface area contributed by atoms with Gasteiger partial charge in [0.05, 0.1) is 17.8 Å². The topological polar surface area (TPSA) is 55.2 Å². The summed E-state index contributed by atoms with van der Waals surface area (Å²) >= 11 is 5.78. The van der Waals surface area contributed by atoms with Crippen LogP contribution in [-0.4, -0.2) is 15.1 Å². The molecule has 0 spiro atoms. The van der Waals surface area contributed by atoms with Crippen LogP contribution in [-0.2, 0) is 6.61 Å². The quantitative estimate of drug-likeness (QED) is 0.889. The first kappa shape index (κ1) is 10.9. The molecule has 0 amide bonds. The zero-order valence-electron chi connectivity index (χ0n) is 8.30. The second kappa shape index (κ2) is 4.92. The lowest BCUT2D eigenvalue weighted by Crippen LogP contribution is -1.92. The van der Waals surface area contributed by atoms with Gasteiger partial charge in [0, 0.05) is 30.2 Å². The molecule has 1 N–H and O–H groups in total. The molecule has 2 aromatic heterocycles. The Hall–Kier alpha value is -1.65. The van der Waals surface area contributed by atoms with Gasteiger partial charge in [-0.3, -0.25) is 9.97 Å². The standard InChI is InChI=1S/C11H9ClN2O2/c12-9-3-10(6-14-5-9)16-11-1-2-13-4-8(11)7-15/h1-6,15H,7H2. The van der Waals surface area contributed by atoms with Crippen molar-refractivity contribution in [1.29, 1.82) is 0 Å². The molecule has 5 heteroatoms. The van der Waals surface area contributed by atoms with Gasteiger partial charge in [-0.2, -0.15) is 0 Å². The first-order valence-electron chi connectivity index (χ1n) is 4.62. The van der Waals surface area contributed by atoms with E-state index in [0.717, 1.165) is 0 Å². The highest BCUT2D eigenvalue weighted by Gasteiger charge is 2.04. The van der Waals surface area contributed by atoms with E-state index >= 15 is 0 Å². The number of ether oxygens (including phenoxy) is 1. The zero-order chi connectivity index (χ0) is 11.4. The minimum Gasteiger partial charge on any atom is -0.455 e. The maximum Gasteiger partial charge on any atom is 0.147 e. The average Bonchev–Trinajstić information content (AvgIpc) is 2.30. The maximum atomic E-state index is 9.09. The van der Waals surface area contributed by atoms with Gasteiger partial charge in [-0.1, -0.05) is 11.6 Å². The molecule has 0 fully saturated rings. The molecule has 2 rings (SSSR count). The van der Waals surface area contributed by atoms with E-state index < -0.39 is 0 Å². The number of aliphatic hydroxyl groups is 1. The molecule has 0 aliphatic carbocycles. The van der Waals surface area contributed by atoms with Gasteiger partial charge in [0.1, 0.15) is 11.5 Å². The van der Waals surface area contributed by atoms with Crippen LogP contribution in [0.15, 0.2) is 36.9 Å². The number of pyridine rings is 2. The van der Waals surface area contributed by atoms with Crippen molar-refractivity contribution in [2.24, 2.45) is 0 Å². The minimum atomic E-state index is -0.128. The van der Waals surface area contributed by atoms with Gasteiger partial charge in [-0.05, 0) is 6.07 Å². The van der Waals surface area contributed by atoms with Crippen LogP contribution < -0.4 is 4.74 Å². The molecule has 82 valence electrons. The Morgan fingerprint density at radius 1 is 1.25 bits per heavy atom. The summed E-state index contributed by atoms with van der Waals surface area (Å²) in [5.41, 5.74) is 0.613. The smallest absolute Gasteiger partial charge is 0.147 e. The molecular weight excluding hydrogens is 228 g/mol. The number of hydrogen-bond acceptors (Lipinski definition) is 4. The number of rotatable bonds is 3. The van der Waals surface area contributed by atoms with Crippen LogP contribution in [0.1, 0.15) is 5.56 Å². The monoisotopic (exact) mass is 236 g/mol. The first-order valence-corrected chi connectivity index (χ1v) is 4.99. The van der Waals surface area contributed by atoms with E-state index in [1.807, 2.05) is 0 Å². The Morgan fingerprint density at radius 2 is 2.12 bits per heavy atom. The van der Waals surface area contributed by atoms with Crippen molar-refractivity contribution in [2.75, 3.05) is 0 Å². The molecule has 0 atom stereocenters. The van der Waals surface area contributed by atoms with Gasteiger partial charge in [0.25, 0.3) is 0 Å². The van der Waals surface area contributed by atoms with E-state index in [2.05, 4.69) is 9.97 Å². The normalized spacial score (nSPS) is 10.1. The van der Waals surface area contributed by atoms with Crippen LogP contribution in [0.3, 0.4) is 0 Å². The SMILES string of the molecule is OCc1cnccc1Oc1cncc(Cl)c1. The lowest BCUT2D eigenvalue weighted by Gasteiger charge is -2.08. The molecule has 0 aliphatic rings. The Bertz CT molecular complexity index is 491. The number of aromatic nitrogens is 2. The van der Waals surface area contributed by atoms with Crippen molar-refractivity contribution in [3.63, 3.8) is 0 Å². The molecule has 0 saturated carbocycles. The third kappa shape index (κ3) is 2.48. The fourth-order valence-corrected chi connectivity index (χ4v) is 1.37. The Labute approximate surface area is 97.5 Å². The molecule has 0 saturated heterocycles. The van der Waals surface area contributed by atoms with Gasteiger partial charge in [0.2, 0.25) is 0 Å². The molecule has 2 aromatic rings. The van der Waals surface area contributed by atoms with Crippen molar-refractivity contribution in [3.8, 4) is 11.5 Å². The van der Waals surface area contributed by atoms with Gasteiger partial charge >= 0.3 is 0 Å². The maximum absolute atomic E-state index is 9.09.